The van der Waals surface area contributed by atoms with Gasteiger partial charge < -0.3 is 4.98 Å². The van der Waals surface area contributed by atoms with Gasteiger partial charge in [-0.25, -0.2) is 9.97 Å². The molecular weight excluding hydrogens is 297 g/mol. The van der Waals surface area contributed by atoms with Crippen LogP contribution in [-0.4, -0.2) is 36.1 Å². The molecule has 0 aliphatic rings. The molecule has 0 saturated heterocycles. The van der Waals surface area contributed by atoms with Gasteiger partial charge in [-0.1, -0.05) is 0 Å². The van der Waals surface area contributed by atoms with Gasteiger partial charge in [0.2, 0.25) is 0 Å². The van der Waals surface area contributed by atoms with Crippen LogP contribution in [0.25, 0.3) is 22.4 Å². The molecule has 0 amide bonds. The number of rotatable bonds is 4. The Balaban J connectivity index is 1.85. The molecular formula is C13H13F3N6. The van der Waals surface area contributed by atoms with Gasteiger partial charge in [-0.15, -0.1) is 0 Å². The van der Waals surface area contributed by atoms with Crippen molar-refractivity contribution in [1.29, 1.82) is 0 Å². The topological polar surface area (TPSA) is 72.3 Å². The zero-order chi connectivity index (χ0) is 15.7. The molecule has 3 aromatic rings. The van der Waals surface area contributed by atoms with Gasteiger partial charge in [-0.3, -0.25) is 0 Å². The first-order chi connectivity index (χ1) is 10.4. The number of aromatic amines is 1. The van der Waals surface area contributed by atoms with E-state index in [1.54, 1.807) is 13.1 Å². The maximum absolute atomic E-state index is 12.2. The molecule has 9 heteroatoms. The standard InChI is InChI=1S/C13H13F3N6/c1-8-10(11-9-3-5-17-12(9)19-7-18-11)21-22(20-8)6-2-4-13(14,15)16/h3,5,7H,2,4,6H2,1H3,(H,17,18,19). The zero-order valence-electron chi connectivity index (χ0n) is 11.7. The van der Waals surface area contributed by atoms with Crippen LogP contribution >= 0.6 is 0 Å². The summed E-state index contributed by atoms with van der Waals surface area (Å²) < 4.78 is 36.5. The Morgan fingerprint density at radius 3 is 2.77 bits per heavy atom. The number of nitrogens with zero attached hydrogens (tertiary/aromatic N) is 5. The van der Waals surface area contributed by atoms with Gasteiger partial charge in [0.15, 0.2) is 0 Å². The van der Waals surface area contributed by atoms with Gasteiger partial charge in [-0.2, -0.15) is 28.2 Å². The maximum atomic E-state index is 12.2. The minimum Gasteiger partial charge on any atom is -0.346 e. The minimum absolute atomic E-state index is 0.0552. The summed E-state index contributed by atoms with van der Waals surface area (Å²) >= 11 is 0. The highest BCUT2D eigenvalue weighted by Gasteiger charge is 2.26. The molecule has 0 saturated carbocycles. The lowest BCUT2D eigenvalue weighted by atomic mass is 10.2. The first kappa shape index (κ1) is 14.5. The van der Waals surface area contributed by atoms with Crippen molar-refractivity contribution < 1.29 is 13.2 Å². The first-order valence-corrected chi connectivity index (χ1v) is 6.71. The third-order valence-electron chi connectivity index (χ3n) is 3.22. The van der Waals surface area contributed by atoms with Crippen molar-refractivity contribution in [3.63, 3.8) is 0 Å². The molecule has 0 atom stereocenters. The van der Waals surface area contributed by atoms with E-state index >= 15 is 0 Å². The Kier molecular flexibility index (Phi) is 3.55. The molecule has 6 nitrogen and oxygen atoms in total. The molecule has 22 heavy (non-hydrogen) atoms. The van der Waals surface area contributed by atoms with Crippen molar-refractivity contribution in [3.05, 3.63) is 24.3 Å². The quantitative estimate of drug-likeness (QED) is 0.804. The number of alkyl halides is 3. The lowest BCUT2D eigenvalue weighted by Crippen LogP contribution is -2.10. The van der Waals surface area contributed by atoms with Gasteiger partial charge in [0.25, 0.3) is 0 Å². The van der Waals surface area contributed by atoms with E-state index in [0.29, 0.717) is 22.7 Å². The summed E-state index contributed by atoms with van der Waals surface area (Å²) in [7, 11) is 0. The molecule has 0 bridgehead atoms. The minimum atomic E-state index is -4.16. The number of H-pyrrole nitrogens is 1. The van der Waals surface area contributed by atoms with Crippen molar-refractivity contribution in [2.75, 3.05) is 0 Å². The first-order valence-electron chi connectivity index (χ1n) is 6.71. The van der Waals surface area contributed by atoms with Gasteiger partial charge >= 0.3 is 6.18 Å². The second-order valence-corrected chi connectivity index (χ2v) is 4.91. The normalized spacial score (nSPS) is 12.2. The van der Waals surface area contributed by atoms with Gasteiger partial charge in [0.1, 0.15) is 23.4 Å². The molecule has 0 radical (unpaired) electrons. The lowest BCUT2D eigenvalue weighted by molar-refractivity contribution is -0.136. The number of halogens is 3. The number of aromatic nitrogens is 6. The fourth-order valence-electron chi connectivity index (χ4n) is 2.23. The summed E-state index contributed by atoms with van der Waals surface area (Å²) in [5.41, 5.74) is 2.47. The third-order valence-corrected chi connectivity index (χ3v) is 3.22. The molecule has 3 heterocycles. The predicted octanol–water partition coefficient (Wildman–Crippen LogP) is 2.87. The Morgan fingerprint density at radius 1 is 1.18 bits per heavy atom. The summed E-state index contributed by atoms with van der Waals surface area (Å²) in [5.74, 6) is 0. The Hall–Kier alpha value is -2.45. The van der Waals surface area contributed by atoms with Crippen molar-refractivity contribution in [1.82, 2.24) is 29.9 Å². The molecule has 116 valence electrons. The van der Waals surface area contributed by atoms with Crippen LogP contribution < -0.4 is 0 Å². The van der Waals surface area contributed by atoms with Crippen LogP contribution in [-0.2, 0) is 6.54 Å². The van der Waals surface area contributed by atoms with Crippen LogP contribution in [0.15, 0.2) is 18.6 Å². The SMILES string of the molecule is Cc1nn(CCCC(F)(F)F)nc1-c1ncnc2[nH]ccc12. The molecule has 1 N–H and O–H groups in total. The smallest absolute Gasteiger partial charge is 0.346 e. The highest BCUT2D eigenvalue weighted by atomic mass is 19.4. The molecule has 0 aliphatic carbocycles. The number of aryl methyl sites for hydroxylation is 2. The number of nitrogens with one attached hydrogen (secondary N) is 1. The molecule has 0 aromatic carbocycles. The summed E-state index contributed by atoms with van der Waals surface area (Å²) in [6.45, 7) is 1.87. The van der Waals surface area contributed by atoms with Gasteiger partial charge in [0.05, 0.1) is 12.2 Å². The molecule has 0 unspecified atom stereocenters. The largest absolute Gasteiger partial charge is 0.389 e. The highest BCUT2D eigenvalue weighted by molar-refractivity contribution is 5.89. The number of fused-ring (bicyclic) bond motifs is 1. The Bertz CT molecular complexity index is 789. The van der Waals surface area contributed by atoms with Gasteiger partial charge in [0, 0.05) is 18.0 Å². The van der Waals surface area contributed by atoms with Crippen LogP contribution in [0.1, 0.15) is 18.5 Å². The van der Waals surface area contributed by atoms with E-state index in [-0.39, 0.29) is 13.0 Å². The van der Waals surface area contributed by atoms with E-state index in [1.807, 2.05) is 6.07 Å². The molecule has 3 rings (SSSR count). The Morgan fingerprint density at radius 2 is 2.00 bits per heavy atom. The van der Waals surface area contributed by atoms with E-state index < -0.39 is 12.6 Å². The highest BCUT2D eigenvalue weighted by Crippen LogP contribution is 2.25. The van der Waals surface area contributed by atoms with Crippen molar-refractivity contribution in [2.24, 2.45) is 0 Å². The fraction of sp³-hybridized carbons (Fsp3) is 0.385. The fourth-order valence-corrected chi connectivity index (χ4v) is 2.23. The number of hydrogen-bond donors (Lipinski definition) is 1. The molecule has 0 fully saturated rings. The van der Waals surface area contributed by atoms with E-state index in [4.69, 9.17) is 0 Å². The Labute approximate surface area is 123 Å². The van der Waals surface area contributed by atoms with Gasteiger partial charge in [-0.05, 0) is 19.4 Å². The molecule has 0 spiro atoms. The molecule has 0 aliphatic heterocycles. The monoisotopic (exact) mass is 310 g/mol. The van der Waals surface area contributed by atoms with Crippen molar-refractivity contribution in [3.8, 4) is 11.4 Å². The van der Waals surface area contributed by atoms with Crippen LogP contribution in [0.3, 0.4) is 0 Å². The third kappa shape index (κ3) is 2.92. The van der Waals surface area contributed by atoms with Crippen LogP contribution in [0.5, 0.6) is 0 Å². The average Bonchev–Trinajstić information content (AvgIpc) is 3.03. The maximum Gasteiger partial charge on any atom is 0.389 e. The zero-order valence-corrected chi connectivity index (χ0v) is 11.7. The average molecular weight is 310 g/mol. The van der Waals surface area contributed by atoms with E-state index in [1.165, 1.54) is 11.1 Å². The van der Waals surface area contributed by atoms with E-state index in [0.717, 1.165) is 5.39 Å². The summed E-state index contributed by atoms with van der Waals surface area (Å²) in [4.78, 5) is 12.6. The predicted molar refractivity (Wildman–Crippen MR) is 72.9 cm³/mol. The van der Waals surface area contributed by atoms with E-state index in [9.17, 15) is 13.2 Å². The number of hydrogen-bond acceptors (Lipinski definition) is 4. The summed E-state index contributed by atoms with van der Waals surface area (Å²) in [6.07, 6.45) is -1.91. The second kappa shape index (κ2) is 5.39. The van der Waals surface area contributed by atoms with Crippen LogP contribution in [0.2, 0.25) is 0 Å². The lowest BCUT2D eigenvalue weighted by Gasteiger charge is -2.04. The second-order valence-electron chi connectivity index (χ2n) is 4.91. The van der Waals surface area contributed by atoms with Crippen LogP contribution in [0.4, 0.5) is 13.2 Å². The summed E-state index contributed by atoms with van der Waals surface area (Å²) in [6, 6.07) is 1.83. The van der Waals surface area contributed by atoms with Crippen LogP contribution in [0, 0.1) is 6.92 Å². The molecule has 3 aromatic heterocycles. The summed E-state index contributed by atoms with van der Waals surface area (Å²) in [5, 5.41) is 9.23. The van der Waals surface area contributed by atoms with E-state index in [2.05, 4.69) is 25.1 Å². The van der Waals surface area contributed by atoms with Crippen molar-refractivity contribution in [2.45, 2.75) is 32.5 Å². The van der Waals surface area contributed by atoms with Crippen molar-refractivity contribution >= 4 is 11.0 Å².